The highest BCUT2D eigenvalue weighted by molar-refractivity contribution is 5.67. The minimum atomic E-state index is -4.31. The number of fused-ring (bicyclic) bond motifs is 1. The van der Waals surface area contributed by atoms with Gasteiger partial charge < -0.3 is 0 Å². The summed E-state index contributed by atoms with van der Waals surface area (Å²) in [5.41, 5.74) is 0.551. The van der Waals surface area contributed by atoms with Crippen LogP contribution < -0.4 is 0 Å². The lowest BCUT2D eigenvalue weighted by atomic mass is 10.4. The Kier molecular flexibility index (Phi) is 2.22. The van der Waals surface area contributed by atoms with Gasteiger partial charge >= 0.3 is 6.18 Å². The lowest BCUT2D eigenvalue weighted by molar-refractivity contribution is -0.128. The van der Waals surface area contributed by atoms with Gasteiger partial charge in [0.25, 0.3) is 0 Å². The zero-order valence-electron chi connectivity index (χ0n) is 7.36. The molecule has 0 amide bonds. The van der Waals surface area contributed by atoms with Gasteiger partial charge in [-0.05, 0) is 0 Å². The molecule has 0 bridgehead atoms. The zero-order chi connectivity index (χ0) is 10.9. The second-order valence-electron chi connectivity index (χ2n) is 2.84. The highest BCUT2D eigenvalue weighted by Crippen LogP contribution is 2.19. The van der Waals surface area contributed by atoms with Gasteiger partial charge in [0.15, 0.2) is 5.65 Å². The van der Waals surface area contributed by atoms with E-state index in [0.717, 1.165) is 0 Å². The maximum absolute atomic E-state index is 12.0. The van der Waals surface area contributed by atoms with Crippen molar-refractivity contribution in [2.45, 2.75) is 12.6 Å². The van der Waals surface area contributed by atoms with Crippen molar-refractivity contribution >= 4 is 11.2 Å². The van der Waals surface area contributed by atoms with Crippen LogP contribution in [-0.2, 0) is 6.42 Å². The van der Waals surface area contributed by atoms with Crippen LogP contribution in [0, 0.1) is 0 Å². The SMILES string of the molecule is FC(F)(F)Cc1ncc2nccnc2n1. The van der Waals surface area contributed by atoms with Gasteiger partial charge in [-0.1, -0.05) is 0 Å². The van der Waals surface area contributed by atoms with Gasteiger partial charge in [-0.15, -0.1) is 0 Å². The molecule has 0 aliphatic carbocycles. The van der Waals surface area contributed by atoms with E-state index in [4.69, 9.17) is 0 Å². The van der Waals surface area contributed by atoms with Gasteiger partial charge in [0.05, 0.1) is 6.20 Å². The Bertz CT molecular complexity index is 483. The molecule has 78 valence electrons. The van der Waals surface area contributed by atoms with Crippen LogP contribution in [0.5, 0.6) is 0 Å². The second-order valence-corrected chi connectivity index (χ2v) is 2.84. The molecule has 0 saturated carbocycles. The normalized spacial score (nSPS) is 11.9. The van der Waals surface area contributed by atoms with Gasteiger partial charge in [-0.25, -0.2) is 19.9 Å². The molecule has 4 nitrogen and oxygen atoms in total. The molecule has 2 aromatic heterocycles. The molecule has 0 aliphatic rings. The van der Waals surface area contributed by atoms with Crippen LogP contribution in [0.4, 0.5) is 13.2 Å². The highest BCUT2D eigenvalue weighted by atomic mass is 19.4. The predicted octanol–water partition coefficient (Wildman–Crippen LogP) is 1.52. The van der Waals surface area contributed by atoms with Gasteiger partial charge in [0.1, 0.15) is 17.8 Å². The van der Waals surface area contributed by atoms with E-state index in [1.165, 1.54) is 18.6 Å². The van der Waals surface area contributed by atoms with E-state index in [1.54, 1.807) is 0 Å². The van der Waals surface area contributed by atoms with Crippen molar-refractivity contribution in [2.75, 3.05) is 0 Å². The maximum Gasteiger partial charge on any atom is 0.396 e. The van der Waals surface area contributed by atoms with Crippen LogP contribution in [0.25, 0.3) is 11.2 Å². The van der Waals surface area contributed by atoms with Crippen molar-refractivity contribution < 1.29 is 13.2 Å². The molecule has 0 radical (unpaired) electrons. The average molecular weight is 214 g/mol. The molecule has 0 N–H and O–H groups in total. The summed E-state index contributed by atoms with van der Waals surface area (Å²) in [6.07, 6.45) is -1.44. The molecular formula is C8H5F3N4. The Balaban J connectivity index is 2.39. The first kappa shape index (κ1) is 9.75. The Morgan fingerprint density at radius 1 is 1.07 bits per heavy atom. The standard InChI is InChI=1S/C8H5F3N4/c9-8(10,11)3-6-14-4-5-7(15-6)13-2-1-12-5/h1-2,4H,3H2. The van der Waals surface area contributed by atoms with Gasteiger partial charge in [0, 0.05) is 12.4 Å². The summed E-state index contributed by atoms with van der Waals surface area (Å²) in [7, 11) is 0. The van der Waals surface area contributed by atoms with Crippen LogP contribution in [0.3, 0.4) is 0 Å². The van der Waals surface area contributed by atoms with Gasteiger partial charge in [0.2, 0.25) is 0 Å². The Morgan fingerprint density at radius 2 is 1.80 bits per heavy atom. The summed E-state index contributed by atoms with van der Waals surface area (Å²) in [5.74, 6) is -0.296. The van der Waals surface area contributed by atoms with Crippen LogP contribution in [0.15, 0.2) is 18.6 Å². The molecule has 0 unspecified atom stereocenters. The monoisotopic (exact) mass is 214 g/mol. The van der Waals surface area contributed by atoms with Crippen LogP contribution in [-0.4, -0.2) is 26.1 Å². The fraction of sp³-hybridized carbons (Fsp3) is 0.250. The van der Waals surface area contributed by atoms with Crippen LogP contribution in [0.1, 0.15) is 5.82 Å². The second kappa shape index (κ2) is 3.41. The van der Waals surface area contributed by atoms with E-state index in [2.05, 4.69) is 19.9 Å². The van der Waals surface area contributed by atoms with Gasteiger partial charge in [-0.2, -0.15) is 13.2 Å². The molecule has 0 atom stereocenters. The molecule has 2 heterocycles. The summed E-state index contributed by atoms with van der Waals surface area (Å²) in [4.78, 5) is 14.9. The molecular weight excluding hydrogens is 209 g/mol. The Labute approximate surface area is 82.2 Å². The molecule has 15 heavy (non-hydrogen) atoms. The van der Waals surface area contributed by atoms with Crippen molar-refractivity contribution in [3.63, 3.8) is 0 Å². The number of aromatic nitrogens is 4. The Hall–Kier alpha value is -1.79. The average Bonchev–Trinajstić information content (AvgIpc) is 2.15. The molecule has 0 fully saturated rings. The summed E-state index contributed by atoms with van der Waals surface area (Å²) >= 11 is 0. The molecule has 2 rings (SSSR count). The third kappa shape index (κ3) is 2.36. The Morgan fingerprint density at radius 3 is 2.53 bits per heavy atom. The third-order valence-electron chi connectivity index (χ3n) is 1.64. The first-order valence-corrected chi connectivity index (χ1v) is 4.04. The van der Waals surface area contributed by atoms with Crippen LogP contribution >= 0.6 is 0 Å². The number of halogens is 3. The first-order valence-electron chi connectivity index (χ1n) is 4.04. The lowest BCUT2D eigenvalue weighted by Gasteiger charge is -2.04. The molecule has 0 aromatic carbocycles. The molecule has 0 aliphatic heterocycles. The van der Waals surface area contributed by atoms with E-state index >= 15 is 0 Å². The van der Waals surface area contributed by atoms with E-state index in [0.29, 0.717) is 5.52 Å². The van der Waals surface area contributed by atoms with Crippen molar-refractivity contribution in [2.24, 2.45) is 0 Å². The number of hydrogen-bond donors (Lipinski definition) is 0. The van der Waals surface area contributed by atoms with Crippen molar-refractivity contribution in [3.8, 4) is 0 Å². The van der Waals surface area contributed by atoms with E-state index in [9.17, 15) is 13.2 Å². The minimum absolute atomic E-state index is 0.173. The van der Waals surface area contributed by atoms with Crippen molar-refractivity contribution in [3.05, 3.63) is 24.4 Å². The fourth-order valence-electron chi connectivity index (χ4n) is 1.07. The quantitative estimate of drug-likeness (QED) is 0.722. The predicted molar refractivity (Wildman–Crippen MR) is 44.9 cm³/mol. The number of rotatable bonds is 1. The van der Waals surface area contributed by atoms with E-state index in [-0.39, 0.29) is 11.5 Å². The minimum Gasteiger partial charge on any atom is -0.250 e. The number of nitrogens with zero attached hydrogens (tertiary/aromatic N) is 4. The molecule has 7 heteroatoms. The van der Waals surface area contributed by atoms with E-state index in [1.807, 2.05) is 0 Å². The van der Waals surface area contributed by atoms with E-state index < -0.39 is 12.6 Å². The molecule has 0 spiro atoms. The molecule has 2 aromatic rings. The largest absolute Gasteiger partial charge is 0.396 e. The smallest absolute Gasteiger partial charge is 0.250 e. The summed E-state index contributed by atoms with van der Waals surface area (Å²) < 4.78 is 36.1. The summed E-state index contributed by atoms with van der Waals surface area (Å²) in [6, 6.07) is 0. The third-order valence-corrected chi connectivity index (χ3v) is 1.64. The van der Waals surface area contributed by atoms with Crippen LogP contribution in [0.2, 0.25) is 0 Å². The number of hydrogen-bond acceptors (Lipinski definition) is 4. The maximum atomic E-state index is 12.0. The fourth-order valence-corrected chi connectivity index (χ4v) is 1.07. The highest BCUT2D eigenvalue weighted by Gasteiger charge is 2.29. The lowest BCUT2D eigenvalue weighted by Crippen LogP contribution is -2.14. The summed E-state index contributed by atoms with van der Waals surface area (Å²) in [6.45, 7) is 0. The van der Waals surface area contributed by atoms with Crippen molar-refractivity contribution in [1.82, 2.24) is 19.9 Å². The van der Waals surface area contributed by atoms with Gasteiger partial charge in [-0.3, -0.25) is 0 Å². The first-order chi connectivity index (χ1) is 7.04. The number of alkyl halides is 3. The summed E-state index contributed by atoms with van der Waals surface area (Å²) in [5, 5.41) is 0. The molecule has 0 saturated heterocycles. The zero-order valence-corrected chi connectivity index (χ0v) is 7.36. The topological polar surface area (TPSA) is 51.6 Å². The van der Waals surface area contributed by atoms with Crippen molar-refractivity contribution in [1.29, 1.82) is 0 Å².